The van der Waals surface area contributed by atoms with Gasteiger partial charge in [-0.05, 0) is 172 Å². The lowest BCUT2D eigenvalue weighted by Gasteiger charge is -2.32. The summed E-state index contributed by atoms with van der Waals surface area (Å²) >= 11 is 0. The highest BCUT2D eigenvalue weighted by Crippen LogP contribution is 2.66. The second-order valence-electron chi connectivity index (χ2n) is 24.1. The second-order valence-corrected chi connectivity index (χ2v) is 24.1. The first-order valence-corrected chi connectivity index (χ1v) is 30.7. The third kappa shape index (κ3) is 6.56. The first-order chi connectivity index (χ1) is 43.7. The van der Waals surface area contributed by atoms with Gasteiger partial charge in [0.25, 0.3) is 0 Å². The SMILES string of the molecule is c1ccc(-c2ccc(N(c3ccc(-c4ccc5c(c4)c4cc(-c6ccccc6)ccc4n5-c4cccc5c4-c4ccccc4C54c5ccccc5-c5ccccc54)cc3)c3cccc4c3-c3ccccc3C43c4ccccc4-c4ccccc43)cc2)cc1. The van der Waals surface area contributed by atoms with Crippen LogP contribution in [0.4, 0.5) is 17.1 Å². The number of hydrogen-bond acceptors (Lipinski definition) is 1. The Kier molecular flexibility index (Phi) is 10.3. The molecule has 0 radical (unpaired) electrons. The topological polar surface area (TPSA) is 8.17 Å². The molecule has 0 fully saturated rings. The number of aromatic nitrogens is 1. The minimum Gasteiger partial charge on any atom is -0.310 e. The average molecular weight is 1120 g/mol. The molecule has 15 aromatic rings. The van der Waals surface area contributed by atoms with E-state index in [0.29, 0.717) is 0 Å². The minimum atomic E-state index is -0.465. The summed E-state index contributed by atoms with van der Waals surface area (Å²) in [6, 6.07) is 123. The molecule has 0 N–H and O–H groups in total. The standard InChI is InChI=1S/C86H54N2/c1-3-21-55(22-4-1)57-41-47-61(48-42-57)87(81-39-19-37-77-83(81)67-29-11-17-35-75(67)85(77)71-31-13-7-25-63(71)64-26-8-14-32-72(64)85)62-49-43-58(44-50-62)60-46-52-80-70(54-60)69-53-59(56-23-5-2-6-24-56)45-51-79(69)88(80)82-40-20-38-78-84(82)68-30-12-18-36-76(68)86(78)73-33-15-9-27-65(73)66-28-10-16-34-74(66)86/h1-54H. The lowest BCUT2D eigenvalue weighted by atomic mass is 9.70. The van der Waals surface area contributed by atoms with Gasteiger partial charge in [0, 0.05) is 33.3 Å². The lowest BCUT2D eigenvalue weighted by Crippen LogP contribution is -2.26. The fourth-order valence-electron chi connectivity index (χ4n) is 16.6. The Morgan fingerprint density at radius 2 is 0.545 bits per heavy atom. The number of benzene rings is 14. The van der Waals surface area contributed by atoms with Gasteiger partial charge in [0.2, 0.25) is 0 Å². The zero-order chi connectivity index (χ0) is 57.7. The first kappa shape index (κ1) is 49.0. The molecule has 2 nitrogen and oxygen atoms in total. The monoisotopic (exact) mass is 1110 g/mol. The Balaban J connectivity index is 0.788. The normalized spacial score (nSPS) is 13.6. The molecule has 88 heavy (non-hydrogen) atoms. The van der Waals surface area contributed by atoms with Crippen LogP contribution in [0.3, 0.4) is 0 Å². The Hall–Kier alpha value is -11.3. The summed E-state index contributed by atoms with van der Waals surface area (Å²) in [4.78, 5) is 2.49. The molecule has 1 heterocycles. The molecule has 0 saturated carbocycles. The summed E-state index contributed by atoms with van der Waals surface area (Å²) in [5, 5.41) is 2.44. The van der Waals surface area contributed by atoms with Crippen LogP contribution in [0.15, 0.2) is 328 Å². The van der Waals surface area contributed by atoms with Crippen molar-refractivity contribution in [2.75, 3.05) is 4.90 Å². The molecule has 4 aliphatic rings. The molecule has 1 aromatic heterocycles. The zero-order valence-corrected chi connectivity index (χ0v) is 48.1. The van der Waals surface area contributed by atoms with E-state index in [-0.39, 0.29) is 0 Å². The summed E-state index contributed by atoms with van der Waals surface area (Å²) in [6.07, 6.45) is 0. The fraction of sp³-hybridized carbons (Fsp3) is 0.0233. The van der Waals surface area contributed by atoms with E-state index in [2.05, 4.69) is 337 Å². The number of hydrogen-bond donors (Lipinski definition) is 0. The Morgan fingerprint density at radius 1 is 0.227 bits per heavy atom. The summed E-state index contributed by atoms with van der Waals surface area (Å²) in [5.41, 5.74) is 34.1. The molecule has 0 atom stereocenters. The predicted octanol–water partition coefficient (Wildman–Crippen LogP) is 21.9. The molecule has 19 rings (SSSR count). The average Bonchev–Trinajstić information content (AvgIpc) is 1.54. The lowest BCUT2D eigenvalue weighted by molar-refractivity contribution is 0.793. The van der Waals surface area contributed by atoms with Crippen molar-refractivity contribution in [1.82, 2.24) is 4.57 Å². The van der Waals surface area contributed by atoms with E-state index in [1.54, 1.807) is 0 Å². The third-order valence-corrected chi connectivity index (χ3v) is 20.0. The van der Waals surface area contributed by atoms with Gasteiger partial charge in [0.1, 0.15) is 0 Å². The van der Waals surface area contributed by atoms with Crippen molar-refractivity contribution in [2.24, 2.45) is 0 Å². The van der Waals surface area contributed by atoms with Crippen molar-refractivity contribution in [3.8, 4) is 83.6 Å². The number of rotatable bonds is 7. The van der Waals surface area contributed by atoms with Crippen LogP contribution in [-0.4, -0.2) is 4.57 Å². The van der Waals surface area contributed by atoms with Crippen LogP contribution in [0, 0.1) is 0 Å². The van der Waals surface area contributed by atoms with Crippen LogP contribution >= 0.6 is 0 Å². The maximum absolute atomic E-state index is 2.55. The third-order valence-electron chi connectivity index (χ3n) is 20.0. The van der Waals surface area contributed by atoms with Crippen molar-refractivity contribution in [3.63, 3.8) is 0 Å². The van der Waals surface area contributed by atoms with Crippen molar-refractivity contribution in [1.29, 1.82) is 0 Å². The van der Waals surface area contributed by atoms with Crippen LogP contribution in [-0.2, 0) is 10.8 Å². The minimum absolute atomic E-state index is 0.448. The van der Waals surface area contributed by atoms with E-state index in [0.717, 1.165) is 22.6 Å². The molecule has 408 valence electrons. The molecule has 0 unspecified atom stereocenters. The Morgan fingerprint density at radius 3 is 1.00 bits per heavy atom. The van der Waals surface area contributed by atoms with Crippen molar-refractivity contribution < 1.29 is 0 Å². The highest BCUT2D eigenvalue weighted by Gasteiger charge is 2.54. The van der Waals surface area contributed by atoms with Gasteiger partial charge in [-0.1, -0.05) is 267 Å². The number of anilines is 3. The molecule has 4 aliphatic carbocycles. The van der Waals surface area contributed by atoms with Gasteiger partial charge < -0.3 is 9.47 Å². The molecule has 0 amide bonds. The van der Waals surface area contributed by atoms with E-state index in [4.69, 9.17) is 0 Å². The number of nitrogens with zero attached hydrogens (tertiary/aromatic N) is 2. The van der Waals surface area contributed by atoms with Gasteiger partial charge in [0.15, 0.2) is 0 Å². The number of fused-ring (bicyclic) bond motifs is 23. The molecular weight excluding hydrogens is 1060 g/mol. The second kappa shape index (κ2) is 18.6. The molecular formula is C86H54N2. The molecule has 0 saturated heterocycles. The maximum Gasteiger partial charge on any atom is 0.0726 e. The molecule has 14 aromatic carbocycles. The van der Waals surface area contributed by atoms with Gasteiger partial charge in [-0.2, -0.15) is 0 Å². The van der Waals surface area contributed by atoms with Crippen LogP contribution < -0.4 is 4.90 Å². The van der Waals surface area contributed by atoms with Crippen molar-refractivity contribution in [2.45, 2.75) is 10.8 Å². The van der Waals surface area contributed by atoms with E-state index < -0.39 is 10.8 Å². The smallest absolute Gasteiger partial charge is 0.0726 e. The van der Waals surface area contributed by atoms with Gasteiger partial charge in [0.05, 0.1) is 33.2 Å². The predicted molar refractivity (Wildman–Crippen MR) is 364 cm³/mol. The van der Waals surface area contributed by atoms with E-state index in [1.807, 2.05) is 0 Å². The largest absolute Gasteiger partial charge is 0.310 e. The van der Waals surface area contributed by atoms with Crippen LogP contribution in [0.2, 0.25) is 0 Å². The first-order valence-electron chi connectivity index (χ1n) is 30.7. The Labute approximate surface area is 511 Å². The summed E-state index contributed by atoms with van der Waals surface area (Å²) in [5.74, 6) is 0. The highest BCUT2D eigenvalue weighted by molar-refractivity contribution is 6.13. The maximum atomic E-state index is 2.55. The molecule has 0 bridgehead atoms. The van der Waals surface area contributed by atoms with Crippen LogP contribution in [0.1, 0.15) is 44.5 Å². The van der Waals surface area contributed by atoms with Gasteiger partial charge >= 0.3 is 0 Å². The zero-order valence-electron chi connectivity index (χ0n) is 48.1. The Bertz CT molecular complexity index is 5290. The fourth-order valence-corrected chi connectivity index (χ4v) is 16.6. The summed E-state index contributed by atoms with van der Waals surface area (Å²) in [6.45, 7) is 0. The summed E-state index contributed by atoms with van der Waals surface area (Å²) in [7, 11) is 0. The molecule has 2 spiro atoms. The van der Waals surface area contributed by atoms with E-state index in [1.165, 1.54) is 144 Å². The van der Waals surface area contributed by atoms with E-state index in [9.17, 15) is 0 Å². The van der Waals surface area contributed by atoms with Gasteiger partial charge in [-0.25, -0.2) is 0 Å². The molecule has 2 heteroatoms. The van der Waals surface area contributed by atoms with Crippen molar-refractivity contribution in [3.05, 3.63) is 372 Å². The van der Waals surface area contributed by atoms with Crippen molar-refractivity contribution >= 4 is 38.9 Å². The van der Waals surface area contributed by atoms with Gasteiger partial charge in [-0.3, -0.25) is 0 Å². The molecule has 0 aliphatic heterocycles. The van der Waals surface area contributed by atoms with Gasteiger partial charge in [-0.15, -0.1) is 0 Å². The highest BCUT2D eigenvalue weighted by atomic mass is 15.1. The van der Waals surface area contributed by atoms with E-state index >= 15 is 0 Å². The van der Waals surface area contributed by atoms with Crippen LogP contribution in [0.5, 0.6) is 0 Å². The van der Waals surface area contributed by atoms with Crippen LogP contribution in [0.25, 0.3) is 105 Å². The summed E-state index contributed by atoms with van der Waals surface area (Å²) < 4.78 is 2.55. The quantitative estimate of drug-likeness (QED) is 0.154.